The smallest absolute Gasteiger partial charge is 0.236 e. The number of carbonyl (C=O) groups excluding carboxylic acids is 1. The SMILES string of the molecule is Cc1ccc(-c2csc(NC(=O)CSc3nnc(-c4ccc(Cl)cc4Cl)n3N)n2)cc1. The van der Waals surface area contributed by atoms with E-state index in [0.29, 0.717) is 31.7 Å². The molecular weight excluding hydrogens is 475 g/mol. The number of carbonyl (C=O) groups is 1. The molecule has 0 aliphatic carbocycles. The van der Waals surface area contributed by atoms with Crippen LogP contribution in [0.4, 0.5) is 5.13 Å². The van der Waals surface area contributed by atoms with Crippen LogP contribution in [0, 0.1) is 6.92 Å². The maximum Gasteiger partial charge on any atom is 0.236 e. The molecule has 0 fully saturated rings. The van der Waals surface area contributed by atoms with Crippen molar-refractivity contribution in [3.05, 3.63) is 63.5 Å². The fourth-order valence-electron chi connectivity index (χ4n) is 2.70. The third-order valence-corrected chi connectivity index (χ3v) is 6.52. The summed E-state index contributed by atoms with van der Waals surface area (Å²) in [5.41, 5.74) is 3.60. The number of nitrogens with two attached hydrogens (primary N) is 1. The third kappa shape index (κ3) is 5.01. The van der Waals surface area contributed by atoms with Crippen LogP contribution in [0.15, 0.2) is 53.0 Å². The minimum atomic E-state index is -0.219. The molecule has 11 heteroatoms. The maximum atomic E-state index is 12.4. The van der Waals surface area contributed by atoms with E-state index in [1.54, 1.807) is 18.2 Å². The molecule has 3 N–H and O–H groups in total. The van der Waals surface area contributed by atoms with E-state index in [1.807, 2.05) is 36.6 Å². The number of rotatable bonds is 6. The number of nitrogens with one attached hydrogen (secondary N) is 1. The third-order valence-electron chi connectivity index (χ3n) is 4.27. The molecule has 7 nitrogen and oxygen atoms in total. The van der Waals surface area contributed by atoms with E-state index < -0.39 is 0 Å². The number of benzene rings is 2. The summed E-state index contributed by atoms with van der Waals surface area (Å²) >= 11 is 14.7. The van der Waals surface area contributed by atoms with E-state index in [2.05, 4.69) is 20.5 Å². The molecule has 0 saturated heterocycles. The summed E-state index contributed by atoms with van der Waals surface area (Å²) in [6, 6.07) is 13.1. The van der Waals surface area contributed by atoms with Crippen LogP contribution in [-0.2, 0) is 4.79 Å². The summed E-state index contributed by atoms with van der Waals surface area (Å²) in [7, 11) is 0. The van der Waals surface area contributed by atoms with Crippen LogP contribution in [0.1, 0.15) is 5.56 Å². The van der Waals surface area contributed by atoms with Gasteiger partial charge in [0.15, 0.2) is 11.0 Å². The molecule has 0 spiro atoms. The average Bonchev–Trinajstić information content (AvgIpc) is 3.34. The second-order valence-electron chi connectivity index (χ2n) is 6.54. The fraction of sp³-hybridized carbons (Fsp3) is 0.100. The van der Waals surface area contributed by atoms with E-state index in [0.717, 1.165) is 23.0 Å². The molecule has 0 radical (unpaired) electrons. The Morgan fingerprint density at radius 1 is 1.19 bits per heavy atom. The van der Waals surface area contributed by atoms with Crippen LogP contribution in [0.2, 0.25) is 10.0 Å². The number of aryl methyl sites for hydroxylation is 1. The lowest BCUT2D eigenvalue weighted by molar-refractivity contribution is -0.113. The zero-order chi connectivity index (χ0) is 22.0. The Morgan fingerprint density at radius 3 is 2.71 bits per heavy atom. The first-order valence-electron chi connectivity index (χ1n) is 9.02. The molecule has 31 heavy (non-hydrogen) atoms. The van der Waals surface area contributed by atoms with Crippen LogP contribution >= 0.6 is 46.3 Å². The second-order valence-corrected chi connectivity index (χ2v) is 9.19. The van der Waals surface area contributed by atoms with Gasteiger partial charge in [-0.15, -0.1) is 21.5 Å². The Kier molecular flexibility index (Phi) is 6.47. The summed E-state index contributed by atoms with van der Waals surface area (Å²) in [6.45, 7) is 2.03. The number of amides is 1. The molecule has 0 aliphatic heterocycles. The highest BCUT2D eigenvalue weighted by molar-refractivity contribution is 7.99. The first-order chi connectivity index (χ1) is 14.9. The molecule has 2 heterocycles. The van der Waals surface area contributed by atoms with Crippen molar-refractivity contribution < 1.29 is 4.79 Å². The standard InChI is InChI=1S/C20H16Cl2N6OS2/c1-11-2-4-12(5-3-11)16-9-30-19(24-16)25-17(29)10-31-20-27-26-18(28(20)23)14-7-6-13(21)8-15(14)22/h2-9H,10,23H2,1H3,(H,24,25,29). The number of nitrogens with zero attached hydrogens (tertiary/aromatic N) is 4. The van der Waals surface area contributed by atoms with E-state index >= 15 is 0 Å². The number of hydrogen-bond acceptors (Lipinski definition) is 7. The summed E-state index contributed by atoms with van der Waals surface area (Å²) in [6.07, 6.45) is 0. The van der Waals surface area contributed by atoms with Crippen molar-refractivity contribution in [3.8, 4) is 22.6 Å². The monoisotopic (exact) mass is 490 g/mol. The van der Waals surface area contributed by atoms with Crippen molar-refractivity contribution in [3.63, 3.8) is 0 Å². The molecule has 1 amide bonds. The maximum absolute atomic E-state index is 12.4. The van der Waals surface area contributed by atoms with Crippen LogP contribution in [-0.4, -0.2) is 31.5 Å². The Hall–Kier alpha value is -2.59. The number of thioether (sulfide) groups is 1. The topological polar surface area (TPSA) is 98.7 Å². The van der Waals surface area contributed by atoms with Gasteiger partial charge in [0, 0.05) is 21.5 Å². The van der Waals surface area contributed by atoms with Gasteiger partial charge in [-0.05, 0) is 25.1 Å². The van der Waals surface area contributed by atoms with Gasteiger partial charge in [0.1, 0.15) is 0 Å². The largest absolute Gasteiger partial charge is 0.335 e. The minimum absolute atomic E-state index is 0.100. The first kappa shape index (κ1) is 21.6. The van der Waals surface area contributed by atoms with Gasteiger partial charge < -0.3 is 11.2 Å². The molecule has 2 aromatic heterocycles. The number of thiazole rings is 1. The van der Waals surface area contributed by atoms with Crippen molar-refractivity contribution in [2.24, 2.45) is 0 Å². The van der Waals surface area contributed by atoms with Crippen molar-refractivity contribution in [2.45, 2.75) is 12.1 Å². The lowest BCUT2D eigenvalue weighted by atomic mass is 10.1. The molecule has 0 aliphatic rings. The van der Waals surface area contributed by atoms with E-state index in [-0.39, 0.29) is 11.7 Å². The predicted octanol–water partition coefficient (Wildman–Crippen LogP) is 5.13. The molecular formula is C20H16Cl2N6OS2. The normalized spacial score (nSPS) is 10.9. The molecule has 0 atom stereocenters. The summed E-state index contributed by atoms with van der Waals surface area (Å²) in [5.74, 6) is 6.36. The zero-order valence-corrected chi connectivity index (χ0v) is 19.3. The highest BCUT2D eigenvalue weighted by atomic mass is 35.5. The number of nitrogen functional groups attached to an aromatic ring is 1. The van der Waals surface area contributed by atoms with Gasteiger partial charge in [0.05, 0.1) is 16.5 Å². The Bertz CT molecular complexity index is 1240. The van der Waals surface area contributed by atoms with Crippen molar-refractivity contribution in [1.29, 1.82) is 0 Å². The van der Waals surface area contributed by atoms with Gasteiger partial charge in [0.25, 0.3) is 0 Å². The lowest BCUT2D eigenvalue weighted by Gasteiger charge is -2.05. The van der Waals surface area contributed by atoms with Crippen LogP contribution in [0.5, 0.6) is 0 Å². The molecule has 4 aromatic rings. The summed E-state index contributed by atoms with van der Waals surface area (Å²) < 4.78 is 1.30. The zero-order valence-electron chi connectivity index (χ0n) is 16.2. The Balaban J connectivity index is 1.38. The van der Waals surface area contributed by atoms with Crippen LogP contribution in [0.25, 0.3) is 22.6 Å². The number of halogens is 2. The van der Waals surface area contributed by atoms with Gasteiger partial charge in [-0.25, -0.2) is 9.66 Å². The van der Waals surface area contributed by atoms with E-state index in [4.69, 9.17) is 29.0 Å². The van der Waals surface area contributed by atoms with Crippen molar-refractivity contribution >= 4 is 57.3 Å². The lowest BCUT2D eigenvalue weighted by Crippen LogP contribution is -2.16. The average molecular weight is 491 g/mol. The van der Waals surface area contributed by atoms with Crippen LogP contribution in [0.3, 0.4) is 0 Å². The number of hydrogen-bond donors (Lipinski definition) is 2. The molecule has 158 valence electrons. The van der Waals surface area contributed by atoms with E-state index in [9.17, 15) is 4.79 Å². The number of anilines is 1. The molecule has 0 unspecified atom stereocenters. The van der Waals surface area contributed by atoms with Gasteiger partial charge >= 0.3 is 0 Å². The van der Waals surface area contributed by atoms with E-state index in [1.165, 1.54) is 21.6 Å². The molecule has 0 bridgehead atoms. The van der Waals surface area contributed by atoms with Gasteiger partial charge in [-0.3, -0.25) is 4.79 Å². The summed E-state index contributed by atoms with van der Waals surface area (Å²) in [4.78, 5) is 16.8. The predicted molar refractivity (Wildman–Crippen MR) is 127 cm³/mol. The fourth-order valence-corrected chi connectivity index (χ4v) is 4.59. The molecule has 0 saturated carbocycles. The highest BCUT2D eigenvalue weighted by Crippen LogP contribution is 2.30. The minimum Gasteiger partial charge on any atom is -0.335 e. The van der Waals surface area contributed by atoms with Gasteiger partial charge in [0.2, 0.25) is 11.1 Å². The Morgan fingerprint density at radius 2 is 1.97 bits per heavy atom. The quantitative estimate of drug-likeness (QED) is 0.287. The van der Waals surface area contributed by atoms with Crippen LogP contribution < -0.4 is 11.2 Å². The van der Waals surface area contributed by atoms with Gasteiger partial charge in [-0.1, -0.05) is 64.8 Å². The number of aromatic nitrogens is 4. The molecule has 2 aromatic carbocycles. The van der Waals surface area contributed by atoms with Crippen molar-refractivity contribution in [1.82, 2.24) is 19.9 Å². The van der Waals surface area contributed by atoms with Crippen molar-refractivity contribution in [2.75, 3.05) is 16.9 Å². The first-order valence-corrected chi connectivity index (χ1v) is 11.6. The second kappa shape index (κ2) is 9.27. The summed E-state index contributed by atoms with van der Waals surface area (Å²) in [5, 5.41) is 14.7. The van der Waals surface area contributed by atoms with Gasteiger partial charge in [-0.2, -0.15) is 0 Å². The highest BCUT2D eigenvalue weighted by Gasteiger charge is 2.17. The Labute approximate surface area is 196 Å². The molecule has 4 rings (SSSR count).